The summed E-state index contributed by atoms with van der Waals surface area (Å²) in [5.74, 6) is -2.57. The van der Waals surface area contributed by atoms with E-state index in [-0.39, 0.29) is 30.3 Å². The van der Waals surface area contributed by atoms with Crippen LogP contribution in [0, 0.1) is 5.92 Å². The van der Waals surface area contributed by atoms with Gasteiger partial charge in [0.25, 0.3) is 0 Å². The van der Waals surface area contributed by atoms with E-state index in [1.165, 1.54) is 0 Å². The molecule has 0 bridgehead atoms. The molecule has 32 heavy (non-hydrogen) atoms. The number of aliphatic carboxylic acids is 1. The maximum absolute atomic E-state index is 13.2. The third-order valence-corrected chi connectivity index (χ3v) is 10.6. The van der Waals surface area contributed by atoms with Gasteiger partial charge in [-0.15, -0.1) is 0 Å². The SMILES string of the molecule is CC(C)(C)[Si](C)(C)O[C@H]1CC=CC[C@@H](CC(=O)O)C(=O)NC[C@@H](c2ccccc2)OC1=O. The van der Waals surface area contributed by atoms with E-state index < -0.39 is 38.4 Å². The van der Waals surface area contributed by atoms with Gasteiger partial charge in [-0.25, -0.2) is 4.79 Å². The highest BCUT2D eigenvalue weighted by Gasteiger charge is 2.41. The van der Waals surface area contributed by atoms with E-state index in [0.717, 1.165) is 5.56 Å². The Kier molecular flexibility index (Phi) is 8.80. The van der Waals surface area contributed by atoms with Gasteiger partial charge in [0.2, 0.25) is 5.91 Å². The van der Waals surface area contributed by atoms with Crippen LogP contribution in [0.4, 0.5) is 0 Å². The summed E-state index contributed by atoms with van der Waals surface area (Å²) in [5.41, 5.74) is 0.745. The van der Waals surface area contributed by atoms with Gasteiger partial charge in [-0.3, -0.25) is 9.59 Å². The first-order chi connectivity index (χ1) is 14.9. The Morgan fingerprint density at radius 2 is 1.78 bits per heavy atom. The fourth-order valence-corrected chi connectivity index (χ4v) is 4.41. The normalized spacial score (nSPS) is 23.5. The minimum Gasteiger partial charge on any atom is -0.481 e. The maximum atomic E-state index is 13.2. The number of esters is 1. The van der Waals surface area contributed by atoms with Crippen LogP contribution < -0.4 is 5.32 Å². The quantitative estimate of drug-likeness (QED) is 0.387. The van der Waals surface area contributed by atoms with E-state index in [0.29, 0.717) is 6.42 Å². The summed E-state index contributed by atoms with van der Waals surface area (Å²) in [6.45, 7) is 10.5. The summed E-state index contributed by atoms with van der Waals surface area (Å²) >= 11 is 0. The van der Waals surface area contributed by atoms with Crippen molar-refractivity contribution in [3.05, 3.63) is 48.0 Å². The standard InChI is InChI=1S/C24H35NO6Si/c1-24(2,3)32(4,5)31-19-14-10-9-13-18(15-21(26)27)22(28)25-16-20(30-23(19)29)17-11-7-6-8-12-17/h6-12,18-20H,13-16H2,1-5H3,(H,25,28)(H,26,27)/t18-,19-,20-/m0/s1. The van der Waals surface area contributed by atoms with Gasteiger partial charge in [0.15, 0.2) is 8.32 Å². The average molecular weight is 462 g/mol. The molecule has 0 radical (unpaired) electrons. The van der Waals surface area contributed by atoms with Crippen LogP contribution in [0.2, 0.25) is 18.1 Å². The lowest BCUT2D eigenvalue weighted by Crippen LogP contribution is -2.47. The van der Waals surface area contributed by atoms with Gasteiger partial charge in [-0.1, -0.05) is 63.3 Å². The smallest absolute Gasteiger partial charge is 0.335 e. The molecule has 176 valence electrons. The molecule has 0 aliphatic carbocycles. The van der Waals surface area contributed by atoms with Crippen molar-refractivity contribution < 1.29 is 28.7 Å². The summed E-state index contributed by atoms with van der Waals surface area (Å²) in [4.78, 5) is 37.0. The number of hydrogen-bond donors (Lipinski definition) is 2. The number of nitrogens with one attached hydrogen (secondary N) is 1. The molecule has 1 aromatic rings. The molecule has 2 rings (SSSR count). The molecule has 2 N–H and O–H groups in total. The second-order valence-electron chi connectivity index (χ2n) is 9.69. The van der Waals surface area contributed by atoms with Gasteiger partial charge >= 0.3 is 11.9 Å². The first kappa shape index (κ1) is 25.8. The van der Waals surface area contributed by atoms with Gasteiger partial charge in [-0.2, -0.15) is 0 Å². The topological polar surface area (TPSA) is 102 Å². The van der Waals surface area contributed by atoms with E-state index in [1.807, 2.05) is 30.3 Å². The fourth-order valence-electron chi connectivity index (χ4n) is 3.15. The van der Waals surface area contributed by atoms with E-state index in [9.17, 15) is 19.5 Å². The minimum absolute atomic E-state index is 0.0568. The zero-order chi connectivity index (χ0) is 23.9. The zero-order valence-electron chi connectivity index (χ0n) is 19.6. The lowest BCUT2D eigenvalue weighted by atomic mass is 9.99. The molecule has 0 fully saturated rings. The number of carboxylic acids is 1. The first-order valence-electron chi connectivity index (χ1n) is 11.0. The van der Waals surface area contributed by atoms with Gasteiger partial charge in [0.1, 0.15) is 12.2 Å². The van der Waals surface area contributed by atoms with Crippen LogP contribution >= 0.6 is 0 Å². The Balaban J connectivity index is 2.35. The summed E-state index contributed by atoms with van der Waals surface area (Å²) in [6, 6.07) is 9.18. The van der Waals surface area contributed by atoms with E-state index in [1.54, 1.807) is 12.2 Å². The highest BCUT2D eigenvalue weighted by atomic mass is 28.4. The number of carbonyl (C=O) groups excluding carboxylic acids is 2. The Bertz CT molecular complexity index is 831. The first-order valence-corrected chi connectivity index (χ1v) is 13.9. The third kappa shape index (κ3) is 7.31. The number of benzene rings is 1. The van der Waals surface area contributed by atoms with Crippen molar-refractivity contribution in [3.63, 3.8) is 0 Å². The van der Waals surface area contributed by atoms with Crippen molar-refractivity contribution in [3.8, 4) is 0 Å². The lowest BCUT2D eigenvalue weighted by Gasteiger charge is -2.38. The van der Waals surface area contributed by atoms with Gasteiger partial charge in [-0.05, 0) is 30.1 Å². The number of carboxylic acid groups (broad SMARTS) is 1. The molecule has 1 amide bonds. The molecule has 0 saturated heterocycles. The van der Waals surface area contributed by atoms with E-state index in [2.05, 4.69) is 39.2 Å². The molecule has 7 nitrogen and oxygen atoms in total. The molecule has 3 atom stereocenters. The Morgan fingerprint density at radius 3 is 2.38 bits per heavy atom. The van der Waals surface area contributed by atoms with Gasteiger partial charge in [0, 0.05) is 6.42 Å². The number of ether oxygens (including phenoxy) is 1. The van der Waals surface area contributed by atoms with Crippen LogP contribution in [0.1, 0.15) is 51.7 Å². The summed E-state index contributed by atoms with van der Waals surface area (Å²) in [5, 5.41) is 11.9. The molecule has 0 spiro atoms. The number of cyclic esters (lactones) is 1. The Morgan fingerprint density at radius 1 is 1.16 bits per heavy atom. The minimum atomic E-state index is -2.25. The van der Waals surface area contributed by atoms with Crippen molar-refractivity contribution in [1.82, 2.24) is 5.32 Å². The van der Waals surface area contributed by atoms with Crippen molar-refractivity contribution in [1.29, 1.82) is 0 Å². The third-order valence-electron chi connectivity index (χ3n) is 6.13. The molecule has 0 unspecified atom stereocenters. The van der Waals surface area contributed by atoms with Gasteiger partial charge in [0.05, 0.1) is 18.9 Å². The fraction of sp³-hybridized carbons (Fsp3) is 0.542. The predicted octanol–water partition coefficient (Wildman–Crippen LogP) is 4.22. The number of rotatable bonds is 5. The molecular formula is C24H35NO6Si. The molecule has 1 aliphatic heterocycles. The highest BCUT2D eigenvalue weighted by Crippen LogP contribution is 2.38. The van der Waals surface area contributed by atoms with Crippen molar-refractivity contribution in [2.45, 2.75) is 70.4 Å². The van der Waals surface area contributed by atoms with Crippen molar-refractivity contribution in [2.24, 2.45) is 5.92 Å². The molecule has 1 aromatic carbocycles. The second-order valence-corrected chi connectivity index (χ2v) is 14.4. The van der Waals surface area contributed by atoms with Crippen LogP contribution in [0.25, 0.3) is 0 Å². The highest BCUT2D eigenvalue weighted by molar-refractivity contribution is 6.74. The molecule has 1 aliphatic rings. The van der Waals surface area contributed by atoms with Crippen LogP contribution in [0.5, 0.6) is 0 Å². The maximum Gasteiger partial charge on any atom is 0.335 e. The molecule has 1 heterocycles. The summed E-state index contributed by atoms with van der Waals surface area (Å²) in [7, 11) is -2.25. The molecule has 8 heteroatoms. The Labute approximate surface area is 191 Å². The molecule has 0 aromatic heterocycles. The number of allylic oxidation sites excluding steroid dienone is 1. The Hall–Kier alpha value is -2.45. The largest absolute Gasteiger partial charge is 0.481 e. The van der Waals surface area contributed by atoms with Crippen molar-refractivity contribution >= 4 is 26.2 Å². The second kappa shape index (κ2) is 10.9. The van der Waals surface area contributed by atoms with Crippen LogP contribution in [-0.2, 0) is 23.5 Å². The van der Waals surface area contributed by atoms with E-state index >= 15 is 0 Å². The van der Waals surface area contributed by atoms with Crippen LogP contribution in [0.3, 0.4) is 0 Å². The number of amides is 1. The zero-order valence-corrected chi connectivity index (χ0v) is 20.6. The summed E-state index contributed by atoms with van der Waals surface area (Å²) < 4.78 is 12.2. The van der Waals surface area contributed by atoms with Crippen LogP contribution in [-0.4, -0.2) is 43.9 Å². The van der Waals surface area contributed by atoms with E-state index in [4.69, 9.17) is 9.16 Å². The predicted molar refractivity (Wildman–Crippen MR) is 124 cm³/mol. The monoisotopic (exact) mass is 461 g/mol. The average Bonchev–Trinajstić information content (AvgIpc) is 2.70. The van der Waals surface area contributed by atoms with Gasteiger partial charge < -0.3 is 19.6 Å². The van der Waals surface area contributed by atoms with Crippen LogP contribution in [0.15, 0.2) is 42.5 Å². The van der Waals surface area contributed by atoms with Crippen molar-refractivity contribution in [2.75, 3.05) is 6.54 Å². The summed E-state index contributed by atoms with van der Waals surface area (Å²) in [6.07, 6.45) is 2.36. The number of hydrogen-bond acceptors (Lipinski definition) is 5. The number of carbonyl (C=O) groups is 3. The molecule has 0 saturated carbocycles. The lowest BCUT2D eigenvalue weighted by molar-refractivity contribution is -0.158. The molecular weight excluding hydrogens is 426 g/mol.